The van der Waals surface area contributed by atoms with Gasteiger partial charge in [-0.25, -0.2) is 4.99 Å². The van der Waals surface area contributed by atoms with Crippen LogP contribution in [0.15, 0.2) is 52.6 Å². The fourth-order valence-corrected chi connectivity index (χ4v) is 2.90. The number of halogens is 1. The molecule has 2 aromatic rings. The number of carbonyl (C=O) groups is 1. The van der Waals surface area contributed by atoms with E-state index in [1.807, 2.05) is 12.1 Å². The van der Waals surface area contributed by atoms with Crippen LogP contribution < -0.4 is 10.1 Å². The smallest absolute Gasteiger partial charge is 0.264 e. The lowest BCUT2D eigenvalue weighted by Crippen LogP contribution is -2.19. The number of pyridine rings is 1. The van der Waals surface area contributed by atoms with Gasteiger partial charge in [-0.15, -0.1) is 0 Å². The van der Waals surface area contributed by atoms with Crippen LogP contribution in [0.4, 0.5) is 5.69 Å². The van der Waals surface area contributed by atoms with Crippen molar-refractivity contribution in [3.05, 3.63) is 58.2 Å². The van der Waals surface area contributed by atoms with Crippen LogP contribution in [0.3, 0.4) is 0 Å². The fourth-order valence-electron chi connectivity index (χ4n) is 1.91. The van der Waals surface area contributed by atoms with Gasteiger partial charge in [0, 0.05) is 18.5 Å². The van der Waals surface area contributed by atoms with Crippen molar-refractivity contribution in [3.8, 4) is 5.75 Å². The summed E-state index contributed by atoms with van der Waals surface area (Å²) >= 11 is 7.38. The van der Waals surface area contributed by atoms with Gasteiger partial charge in [0.2, 0.25) is 0 Å². The summed E-state index contributed by atoms with van der Waals surface area (Å²) in [6.45, 7) is 0. The summed E-state index contributed by atoms with van der Waals surface area (Å²) in [5.74, 6) is 0.450. The molecule has 1 aromatic heterocycles. The molecular weight excluding hydrogens is 334 g/mol. The van der Waals surface area contributed by atoms with Crippen LogP contribution in [-0.2, 0) is 4.79 Å². The van der Waals surface area contributed by atoms with E-state index in [4.69, 9.17) is 16.3 Å². The Balaban J connectivity index is 1.86. The number of aliphatic imine (C=N–C) groups is 1. The number of rotatable bonds is 3. The van der Waals surface area contributed by atoms with Gasteiger partial charge in [-0.05, 0) is 41.6 Å². The van der Waals surface area contributed by atoms with Crippen molar-refractivity contribution in [2.45, 2.75) is 0 Å². The van der Waals surface area contributed by atoms with Crippen molar-refractivity contribution in [1.82, 2.24) is 10.3 Å². The summed E-state index contributed by atoms with van der Waals surface area (Å²) in [5, 5.41) is 3.68. The van der Waals surface area contributed by atoms with Crippen LogP contribution in [0.2, 0.25) is 5.02 Å². The van der Waals surface area contributed by atoms with Crippen molar-refractivity contribution in [3.63, 3.8) is 0 Å². The third-order valence-corrected chi connectivity index (χ3v) is 4.24. The van der Waals surface area contributed by atoms with Gasteiger partial charge in [-0.3, -0.25) is 9.78 Å². The maximum Gasteiger partial charge on any atom is 0.264 e. The molecule has 7 heteroatoms. The van der Waals surface area contributed by atoms with Gasteiger partial charge < -0.3 is 10.1 Å². The summed E-state index contributed by atoms with van der Waals surface area (Å²) in [5.41, 5.74) is 1.39. The zero-order valence-corrected chi connectivity index (χ0v) is 13.7. The first-order chi connectivity index (χ1) is 11.2. The van der Waals surface area contributed by atoms with E-state index in [0.717, 1.165) is 5.56 Å². The molecule has 5 nitrogen and oxygen atoms in total. The minimum atomic E-state index is -0.198. The van der Waals surface area contributed by atoms with Crippen LogP contribution in [0.1, 0.15) is 5.56 Å². The van der Waals surface area contributed by atoms with Crippen LogP contribution >= 0.6 is 23.4 Å². The number of thioether (sulfide) groups is 1. The number of carbonyl (C=O) groups excluding carboxylic acids is 1. The Morgan fingerprint density at radius 2 is 2.26 bits per heavy atom. The number of methoxy groups -OCH3 is 1. The summed E-state index contributed by atoms with van der Waals surface area (Å²) in [6.07, 6.45) is 5.14. The van der Waals surface area contributed by atoms with Crippen molar-refractivity contribution in [2.75, 3.05) is 7.11 Å². The Morgan fingerprint density at radius 3 is 3.00 bits per heavy atom. The minimum Gasteiger partial charge on any atom is -0.497 e. The molecule has 1 aromatic carbocycles. The molecule has 1 N–H and O–H groups in total. The quantitative estimate of drug-likeness (QED) is 0.863. The molecule has 2 heterocycles. The SMILES string of the molecule is COc1ccc(Cl)c(N=C2NC(=O)/C(=C\c3cccnc3)S2)c1. The van der Waals surface area contributed by atoms with E-state index in [2.05, 4.69) is 15.3 Å². The second-order valence-electron chi connectivity index (χ2n) is 4.59. The van der Waals surface area contributed by atoms with E-state index in [0.29, 0.717) is 26.5 Å². The van der Waals surface area contributed by atoms with Gasteiger partial charge in [0.1, 0.15) is 5.75 Å². The molecule has 0 radical (unpaired) electrons. The Hall–Kier alpha value is -2.31. The number of nitrogens with zero attached hydrogens (tertiary/aromatic N) is 2. The van der Waals surface area contributed by atoms with Crippen LogP contribution in [0.5, 0.6) is 5.75 Å². The van der Waals surface area contributed by atoms with E-state index in [1.165, 1.54) is 11.8 Å². The molecule has 0 bridgehead atoms. The molecule has 0 unspecified atom stereocenters. The highest BCUT2D eigenvalue weighted by Gasteiger charge is 2.24. The Bertz CT molecular complexity index is 806. The lowest BCUT2D eigenvalue weighted by molar-refractivity contribution is -0.115. The first-order valence-electron chi connectivity index (χ1n) is 6.69. The molecule has 1 fully saturated rings. The molecule has 1 aliphatic rings. The first-order valence-corrected chi connectivity index (χ1v) is 7.88. The van der Waals surface area contributed by atoms with Gasteiger partial charge in [0.15, 0.2) is 5.17 Å². The average molecular weight is 346 g/mol. The van der Waals surface area contributed by atoms with Crippen molar-refractivity contribution >= 4 is 46.2 Å². The Labute approximate surface area is 142 Å². The van der Waals surface area contributed by atoms with Crippen LogP contribution in [0.25, 0.3) is 6.08 Å². The molecule has 0 aliphatic carbocycles. The molecule has 116 valence electrons. The highest BCUT2D eigenvalue weighted by Crippen LogP contribution is 2.33. The summed E-state index contributed by atoms with van der Waals surface area (Å²) in [7, 11) is 1.57. The van der Waals surface area contributed by atoms with Crippen molar-refractivity contribution in [1.29, 1.82) is 0 Å². The molecule has 1 amide bonds. The lowest BCUT2D eigenvalue weighted by atomic mass is 10.2. The fraction of sp³-hybridized carbons (Fsp3) is 0.0625. The zero-order valence-electron chi connectivity index (χ0n) is 12.1. The number of hydrogen-bond donors (Lipinski definition) is 1. The summed E-state index contributed by atoms with van der Waals surface area (Å²) < 4.78 is 5.16. The van der Waals surface area contributed by atoms with Gasteiger partial charge >= 0.3 is 0 Å². The van der Waals surface area contributed by atoms with Gasteiger partial charge in [0.05, 0.1) is 22.7 Å². The largest absolute Gasteiger partial charge is 0.497 e. The first kappa shape index (κ1) is 15.6. The molecule has 0 saturated carbocycles. The van der Waals surface area contributed by atoms with Crippen LogP contribution in [0, 0.1) is 0 Å². The number of ether oxygens (including phenoxy) is 1. The number of hydrogen-bond acceptors (Lipinski definition) is 5. The standard InChI is InChI=1S/C16H12ClN3O2S/c1-22-11-4-5-12(17)13(8-11)19-16-20-15(21)14(23-16)7-10-3-2-6-18-9-10/h2-9H,1H3,(H,19,20,21)/b14-7+. The summed E-state index contributed by atoms with van der Waals surface area (Å²) in [4.78, 5) is 21.0. The number of amides is 1. The molecular formula is C16H12ClN3O2S. The average Bonchev–Trinajstić information content (AvgIpc) is 2.90. The molecule has 0 atom stereocenters. The lowest BCUT2D eigenvalue weighted by Gasteiger charge is -2.03. The number of benzene rings is 1. The predicted octanol–water partition coefficient (Wildman–Crippen LogP) is 3.64. The number of nitrogens with one attached hydrogen (secondary N) is 1. The van der Waals surface area contributed by atoms with Crippen molar-refractivity contribution in [2.24, 2.45) is 4.99 Å². The van der Waals surface area contributed by atoms with Crippen molar-refractivity contribution < 1.29 is 9.53 Å². The highest BCUT2D eigenvalue weighted by molar-refractivity contribution is 8.18. The highest BCUT2D eigenvalue weighted by atomic mass is 35.5. The van der Waals surface area contributed by atoms with Gasteiger partial charge in [-0.2, -0.15) is 0 Å². The monoisotopic (exact) mass is 345 g/mol. The second kappa shape index (κ2) is 6.85. The van der Waals surface area contributed by atoms with E-state index < -0.39 is 0 Å². The predicted molar refractivity (Wildman–Crippen MR) is 93.0 cm³/mol. The number of amidine groups is 1. The maximum atomic E-state index is 12.0. The second-order valence-corrected chi connectivity index (χ2v) is 6.02. The zero-order chi connectivity index (χ0) is 16.2. The Kier molecular flexibility index (Phi) is 4.64. The molecule has 1 aliphatic heterocycles. The summed E-state index contributed by atoms with van der Waals surface area (Å²) in [6, 6.07) is 8.86. The molecule has 0 spiro atoms. The van der Waals surface area contributed by atoms with Crippen LogP contribution in [-0.4, -0.2) is 23.2 Å². The molecule has 1 saturated heterocycles. The number of aromatic nitrogens is 1. The van der Waals surface area contributed by atoms with E-state index in [1.54, 1.807) is 43.8 Å². The van der Waals surface area contributed by atoms with E-state index >= 15 is 0 Å². The third-order valence-electron chi connectivity index (χ3n) is 3.01. The van der Waals surface area contributed by atoms with Gasteiger partial charge in [-0.1, -0.05) is 17.7 Å². The normalized spacial score (nSPS) is 17.6. The Morgan fingerprint density at radius 1 is 1.39 bits per heavy atom. The third kappa shape index (κ3) is 3.72. The maximum absolute atomic E-state index is 12.0. The molecule has 23 heavy (non-hydrogen) atoms. The topological polar surface area (TPSA) is 63.6 Å². The molecule has 3 rings (SSSR count). The minimum absolute atomic E-state index is 0.198. The van der Waals surface area contributed by atoms with E-state index in [-0.39, 0.29) is 5.91 Å². The van der Waals surface area contributed by atoms with Gasteiger partial charge in [0.25, 0.3) is 5.91 Å². The van der Waals surface area contributed by atoms with E-state index in [9.17, 15) is 4.79 Å².